The molecule has 0 spiro atoms. The molecule has 64 valence electrons. The first kappa shape index (κ1) is 8.49. The Morgan fingerprint density at radius 2 is 2.55 bits per heavy atom. The van der Waals surface area contributed by atoms with E-state index >= 15 is 0 Å². The van der Waals surface area contributed by atoms with Crippen molar-refractivity contribution in [1.29, 1.82) is 0 Å². The molecule has 0 aliphatic carbocycles. The van der Waals surface area contributed by atoms with Crippen LogP contribution in [-0.2, 0) is 9.53 Å². The minimum Gasteiger partial charge on any atom is -0.371 e. The average Bonchev–Trinajstić information content (AvgIpc) is 2.01. The Kier molecular flexibility index (Phi) is 3.32. The van der Waals surface area contributed by atoms with Crippen LogP contribution < -0.4 is 10.6 Å². The molecule has 4 heteroatoms. The van der Waals surface area contributed by atoms with Crippen LogP contribution in [0.25, 0.3) is 0 Å². The summed E-state index contributed by atoms with van der Waals surface area (Å²) in [4.78, 5) is 9.94. The number of carbonyl (C=O) groups excluding carboxylic acids is 1. The highest BCUT2D eigenvalue weighted by Gasteiger charge is 2.17. The summed E-state index contributed by atoms with van der Waals surface area (Å²) in [7, 11) is 0. The van der Waals surface area contributed by atoms with Crippen LogP contribution in [-0.4, -0.2) is 38.3 Å². The van der Waals surface area contributed by atoms with Gasteiger partial charge in [0.25, 0.3) is 0 Å². The second-order valence-corrected chi connectivity index (χ2v) is 2.75. The molecule has 1 rings (SSSR count). The van der Waals surface area contributed by atoms with Crippen LogP contribution in [0.4, 0.5) is 0 Å². The number of morpholine rings is 1. The smallest absolute Gasteiger partial charge is 0.207 e. The van der Waals surface area contributed by atoms with Crippen LogP contribution in [0.5, 0.6) is 0 Å². The van der Waals surface area contributed by atoms with Gasteiger partial charge in [-0.25, -0.2) is 0 Å². The van der Waals surface area contributed by atoms with Gasteiger partial charge in [-0.15, -0.1) is 0 Å². The van der Waals surface area contributed by atoms with Gasteiger partial charge in [0.15, 0.2) is 0 Å². The second kappa shape index (κ2) is 4.31. The van der Waals surface area contributed by atoms with E-state index in [1.165, 1.54) is 0 Å². The summed E-state index contributed by atoms with van der Waals surface area (Å²) in [5.74, 6) is 0. The molecule has 1 aliphatic heterocycles. The largest absolute Gasteiger partial charge is 0.371 e. The maximum Gasteiger partial charge on any atom is 0.207 e. The van der Waals surface area contributed by atoms with Gasteiger partial charge in [-0.2, -0.15) is 0 Å². The molecule has 0 unspecified atom stereocenters. The fourth-order valence-corrected chi connectivity index (χ4v) is 1.17. The Morgan fingerprint density at radius 1 is 1.73 bits per heavy atom. The maximum absolute atomic E-state index is 9.94. The van der Waals surface area contributed by atoms with Crippen molar-refractivity contribution >= 4 is 6.41 Å². The number of rotatable bonds is 3. The Labute approximate surface area is 66.3 Å². The zero-order chi connectivity index (χ0) is 8.10. The Bertz CT molecular complexity index is 130. The molecule has 0 radical (unpaired) electrons. The molecule has 1 saturated heterocycles. The van der Waals surface area contributed by atoms with E-state index in [-0.39, 0.29) is 12.2 Å². The quantitative estimate of drug-likeness (QED) is 0.524. The SMILES string of the molecule is C[C@@H]1CNC[C@H](CNC=O)O1. The van der Waals surface area contributed by atoms with Gasteiger partial charge >= 0.3 is 0 Å². The zero-order valence-electron chi connectivity index (χ0n) is 6.67. The first-order chi connectivity index (χ1) is 5.33. The van der Waals surface area contributed by atoms with E-state index in [0.717, 1.165) is 13.1 Å². The molecular weight excluding hydrogens is 144 g/mol. The number of amides is 1. The van der Waals surface area contributed by atoms with E-state index in [1.54, 1.807) is 0 Å². The van der Waals surface area contributed by atoms with E-state index in [0.29, 0.717) is 13.0 Å². The third-order valence-electron chi connectivity index (χ3n) is 1.66. The highest BCUT2D eigenvalue weighted by molar-refractivity contribution is 5.45. The number of nitrogens with one attached hydrogen (secondary N) is 2. The van der Waals surface area contributed by atoms with Gasteiger partial charge in [0, 0.05) is 19.6 Å². The Morgan fingerprint density at radius 3 is 3.18 bits per heavy atom. The van der Waals surface area contributed by atoms with E-state index in [1.807, 2.05) is 6.92 Å². The molecule has 1 heterocycles. The average molecular weight is 158 g/mol. The van der Waals surface area contributed by atoms with Crippen molar-refractivity contribution in [3.63, 3.8) is 0 Å². The summed E-state index contributed by atoms with van der Waals surface area (Å²) in [6.07, 6.45) is 1.08. The topological polar surface area (TPSA) is 50.4 Å². The molecule has 0 aromatic carbocycles. The van der Waals surface area contributed by atoms with Crippen molar-refractivity contribution < 1.29 is 9.53 Å². The van der Waals surface area contributed by atoms with Gasteiger partial charge in [0.1, 0.15) is 0 Å². The van der Waals surface area contributed by atoms with Crippen LogP contribution in [0.15, 0.2) is 0 Å². The Hall–Kier alpha value is -0.610. The minimum absolute atomic E-state index is 0.129. The molecular formula is C7H14N2O2. The standard InChI is InChI=1S/C7H14N2O2/c1-6-2-8-3-7(11-6)4-9-5-10/h5-8H,2-4H2,1H3,(H,9,10)/t6-,7-/m1/s1. The van der Waals surface area contributed by atoms with Crippen molar-refractivity contribution in [2.45, 2.75) is 19.1 Å². The van der Waals surface area contributed by atoms with Gasteiger partial charge in [-0.1, -0.05) is 0 Å². The van der Waals surface area contributed by atoms with Crippen LogP contribution in [0, 0.1) is 0 Å². The molecule has 2 N–H and O–H groups in total. The summed E-state index contributed by atoms with van der Waals surface area (Å²) in [6, 6.07) is 0. The maximum atomic E-state index is 9.94. The number of ether oxygens (including phenoxy) is 1. The predicted octanol–water partition coefficient (Wildman–Crippen LogP) is -0.891. The highest BCUT2D eigenvalue weighted by Crippen LogP contribution is 2.00. The zero-order valence-corrected chi connectivity index (χ0v) is 6.67. The van der Waals surface area contributed by atoms with E-state index in [2.05, 4.69) is 10.6 Å². The van der Waals surface area contributed by atoms with Gasteiger partial charge in [0.05, 0.1) is 12.2 Å². The van der Waals surface area contributed by atoms with E-state index < -0.39 is 0 Å². The molecule has 1 fully saturated rings. The van der Waals surface area contributed by atoms with Crippen molar-refractivity contribution in [1.82, 2.24) is 10.6 Å². The normalized spacial score (nSPS) is 31.4. The molecule has 4 nitrogen and oxygen atoms in total. The molecule has 2 atom stereocenters. The summed E-state index contributed by atoms with van der Waals surface area (Å²) in [5, 5.41) is 5.81. The highest BCUT2D eigenvalue weighted by atomic mass is 16.5. The fourth-order valence-electron chi connectivity index (χ4n) is 1.17. The van der Waals surface area contributed by atoms with Crippen LogP contribution >= 0.6 is 0 Å². The summed E-state index contributed by atoms with van der Waals surface area (Å²) >= 11 is 0. The third kappa shape index (κ3) is 2.86. The monoisotopic (exact) mass is 158 g/mol. The lowest BCUT2D eigenvalue weighted by molar-refractivity contribution is -0.110. The molecule has 0 saturated carbocycles. The summed E-state index contributed by atoms with van der Waals surface area (Å²) < 4.78 is 5.50. The molecule has 0 aromatic rings. The van der Waals surface area contributed by atoms with Crippen molar-refractivity contribution in [2.24, 2.45) is 0 Å². The number of hydrogen-bond acceptors (Lipinski definition) is 3. The van der Waals surface area contributed by atoms with Crippen LogP contribution in [0.2, 0.25) is 0 Å². The van der Waals surface area contributed by atoms with Gasteiger partial charge in [0.2, 0.25) is 6.41 Å². The predicted molar refractivity (Wildman–Crippen MR) is 41.3 cm³/mol. The van der Waals surface area contributed by atoms with Gasteiger partial charge in [-0.05, 0) is 6.92 Å². The Balaban J connectivity index is 2.17. The summed E-state index contributed by atoms with van der Waals surface area (Å²) in [6.45, 7) is 4.34. The van der Waals surface area contributed by atoms with Gasteiger partial charge < -0.3 is 15.4 Å². The number of hydrogen-bond donors (Lipinski definition) is 2. The molecule has 11 heavy (non-hydrogen) atoms. The van der Waals surface area contributed by atoms with Crippen molar-refractivity contribution in [3.05, 3.63) is 0 Å². The first-order valence-corrected chi connectivity index (χ1v) is 3.86. The molecule has 0 aromatic heterocycles. The van der Waals surface area contributed by atoms with E-state index in [9.17, 15) is 4.79 Å². The lowest BCUT2D eigenvalue weighted by Crippen LogP contribution is -2.47. The molecule has 1 aliphatic rings. The van der Waals surface area contributed by atoms with Crippen molar-refractivity contribution in [3.8, 4) is 0 Å². The van der Waals surface area contributed by atoms with Crippen LogP contribution in [0.1, 0.15) is 6.92 Å². The van der Waals surface area contributed by atoms with Gasteiger partial charge in [-0.3, -0.25) is 4.79 Å². The lowest BCUT2D eigenvalue weighted by atomic mass is 10.2. The molecule has 0 bridgehead atoms. The van der Waals surface area contributed by atoms with Crippen molar-refractivity contribution in [2.75, 3.05) is 19.6 Å². The third-order valence-corrected chi connectivity index (χ3v) is 1.66. The summed E-state index contributed by atoms with van der Waals surface area (Å²) in [5.41, 5.74) is 0. The fraction of sp³-hybridized carbons (Fsp3) is 0.857. The number of carbonyl (C=O) groups is 1. The van der Waals surface area contributed by atoms with Crippen LogP contribution in [0.3, 0.4) is 0 Å². The van der Waals surface area contributed by atoms with E-state index in [4.69, 9.17) is 4.74 Å². The first-order valence-electron chi connectivity index (χ1n) is 3.86. The second-order valence-electron chi connectivity index (χ2n) is 2.75. The minimum atomic E-state index is 0.129. The molecule has 1 amide bonds. The lowest BCUT2D eigenvalue weighted by Gasteiger charge is -2.28.